The summed E-state index contributed by atoms with van der Waals surface area (Å²) in [4.78, 5) is 25.0. The number of carbonyl (C=O) groups excluding carboxylic acids is 2. The van der Waals surface area contributed by atoms with Gasteiger partial charge < -0.3 is 24.8 Å². The monoisotopic (exact) mass is 452 g/mol. The lowest BCUT2D eigenvalue weighted by Gasteiger charge is -2.28. The first-order valence-corrected chi connectivity index (χ1v) is 11.2. The van der Waals surface area contributed by atoms with Gasteiger partial charge in [0.1, 0.15) is 6.61 Å². The maximum Gasteiger partial charge on any atom is 0.338 e. The Balaban J connectivity index is 1.89. The molecule has 2 aromatic rings. The number of ether oxygens (including phenoxy) is 3. The summed E-state index contributed by atoms with van der Waals surface area (Å²) in [6, 6.07) is 12.4. The second-order valence-corrected chi connectivity index (χ2v) is 8.42. The Hall–Kier alpha value is -3.48. The molecule has 0 saturated heterocycles. The van der Waals surface area contributed by atoms with E-state index in [-0.39, 0.29) is 11.9 Å². The van der Waals surface area contributed by atoms with Gasteiger partial charge in [0, 0.05) is 5.70 Å². The number of benzene rings is 2. The second kappa shape index (κ2) is 10.9. The highest BCUT2D eigenvalue weighted by Crippen LogP contribution is 2.35. The van der Waals surface area contributed by atoms with Crippen LogP contribution in [0.3, 0.4) is 0 Å². The highest BCUT2D eigenvalue weighted by Gasteiger charge is 2.33. The molecule has 1 atom stereocenters. The highest BCUT2D eigenvalue weighted by molar-refractivity contribution is 5.95. The number of nitrogens with one attached hydrogen (secondary N) is 2. The SMILES string of the molecule is CCOc1cc(C2NC(=O)NC(C)=C2C(=O)OCC(C)C)ccc1OCc1ccccc1C. The molecule has 0 spiro atoms. The van der Waals surface area contributed by atoms with Gasteiger partial charge in [0.05, 0.1) is 24.8 Å². The molecule has 33 heavy (non-hydrogen) atoms. The molecule has 0 aromatic heterocycles. The molecule has 176 valence electrons. The molecule has 0 radical (unpaired) electrons. The van der Waals surface area contributed by atoms with Gasteiger partial charge in [0.25, 0.3) is 0 Å². The van der Waals surface area contributed by atoms with E-state index in [2.05, 4.69) is 10.6 Å². The molecule has 1 unspecified atom stereocenters. The Labute approximate surface area is 195 Å². The van der Waals surface area contributed by atoms with Gasteiger partial charge in [-0.3, -0.25) is 0 Å². The van der Waals surface area contributed by atoms with E-state index in [0.29, 0.717) is 48.2 Å². The maximum absolute atomic E-state index is 12.8. The van der Waals surface area contributed by atoms with Gasteiger partial charge in [-0.1, -0.05) is 44.2 Å². The molecule has 3 rings (SSSR count). The zero-order chi connectivity index (χ0) is 24.0. The lowest BCUT2D eigenvalue weighted by Crippen LogP contribution is -2.45. The normalized spacial score (nSPS) is 15.7. The first-order valence-electron chi connectivity index (χ1n) is 11.2. The van der Waals surface area contributed by atoms with Gasteiger partial charge >= 0.3 is 12.0 Å². The largest absolute Gasteiger partial charge is 0.490 e. The Kier molecular flexibility index (Phi) is 7.98. The van der Waals surface area contributed by atoms with Crippen molar-refractivity contribution in [3.05, 3.63) is 70.4 Å². The molecule has 0 saturated carbocycles. The lowest BCUT2D eigenvalue weighted by atomic mass is 9.95. The van der Waals surface area contributed by atoms with Crippen molar-refractivity contribution in [3.8, 4) is 11.5 Å². The van der Waals surface area contributed by atoms with Crippen LogP contribution in [0.5, 0.6) is 11.5 Å². The molecule has 2 N–H and O–H groups in total. The molecule has 1 heterocycles. The molecular weight excluding hydrogens is 420 g/mol. The molecule has 2 aromatic carbocycles. The smallest absolute Gasteiger partial charge is 0.338 e. The molecule has 0 aliphatic carbocycles. The van der Waals surface area contributed by atoms with Crippen molar-refractivity contribution in [2.24, 2.45) is 5.92 Å². The van der Waals surface area contributed by atoms with E-state index in [1.807, 2.05) is 58.0 Å². The second-order valence-electron chi connectivity index (χ2n) is 8.42. The quantitative estimate of drug-likeness (QED) is 0.534. The van der Waals surface area contributed by atoms with Crippen molar-refractivity contribution in [2.45, 2.75) is 47.3 Å². The number of hydrogen-bond donors (Lipinski definition) is 2. The van der Waals surface area contributed by atoms with Crippen LogP contribution in [-0.2, 0) is 16.1 Å². The van der Waals surface area contributed by atoms with Crippen LogP contribution in [0.4, 0.5) is 4.79 Å². The number of hydrogen-bond acceptors (Lipinski definition) is 5. The Morgan fingerprint density at radius 2 is 1.82 bits per heavy atom. The van der Waals surface area contributed by atoms with Crippen LogP contribution >= 0.6 is 0 Å². The Morgan fingerprint density at radius 3 is 2.52 bits per heavy atom. The third-order valence-corrected chi connectivity index (χ3v) is 5.28. The van der Waals surface area contributed by atoms with Crippen LogP contribution in [0, 0.1) is 12.8 Å². The number of aryl methyl sites for hydroxylation is 1. The number of esters is 1. The summed E-state index contributed by atoms with van der Waals surface area (Å²) in [5.41, 5.74) is 3.77. The molecule has 1 aliphatic heterocycles. The lowest BCUT2D eigenvalue weighted by molar-refractivity contribution is -0.140. The summed E-state index contributed by atoms with van der Waals surface area (Å²) in [6.45, 7) is 10.7. The van der Waals surface area contributed by atoms with Crippen molar-refractivity contribution in [1.82, 2.24) is 10.6 Å². The Bertz CT molecular complexity index is 1040. The van der Waals surface area contributed by atoms with Crippen molar-refractivity contribution in [3.63, 3.8) is 0 Å². The summed E-state index contributed by atoms with van der Waals surface area (Å²) in [7, 11) is 0. The maximum atomic E-state index is 12.8. The van der Waals surface area contributed by atoms with Gasteiger partial charge in [0.2, 0.25) is 0 Å². The van der Waals surface area contributed by atoms with Gasteiger partial charge in [-0.25, -0.2) is 9.59 Å². The molecule has 0 fully saturated rings. The molecular formula is C26H32N2O5. The van der Waals surface area contributed by atoms with Gasteiger partial charge in [-0.15, -0.1) is 0 Å². The van der Waals surface area contributed by atoms with Crippen LogP contribution < -0.4 is 20.1 Å². The van der Waals surface area contributed by atoms with Crippen molar-refractivity contribution in [1.29, 1.82) is 0 Å². The first-order chi connectivity index (χ1) is 15.8. The topological polar surface area (TPSA) is 85.9 Å². The zero-order valence-corrected chi connectivity index (χ0v) is 19.9. The van der Waals surface area contributed by atoms with E-state index >= 15 is 0 Å². The molecule has 7 heteroatoms. The average molecular weight is 453 g/mol. The summed E-state index contributed by atoms with van der Waals surface area (Å²) in [6.07, 6.45) is 0. The average Bonchev–Trinajstić information content (AvgIpc) is 2.77. The number of amides is 2. The third kappa shape index (κ3) is 6.06. The van der Waals surface area contributed by atoms with E-state index in [4.69, 9.17) is 14.2 Å². The summed E-state index contributed by atoms with van der Waals surface area (Å²) < 4.78 is 17.3. The number of rotatable bonds is 9. The van der Waals surface area contributed by atoms with E-state index in [9.17, 15) is 9.59 Å². The molecule has 1 aliphatic rings. The standard InChI is InChI=1S/C26H32N2O5/c1-6-31-22-13-19(11-12-21(22)32-15-20-10-8-7-9-17(20)4)24-23(18(5)27-26(30)28-24)25(29)33-14-16(2)3/h7-13,16,24H,6,14-15H2,1-5H3,(H2,27,28,30). The number of carbonyl (C=O) groups is 2. The van der Waals surface area contributed by atoms with Crippen molar-refractivity contribution in [2.75, 3.05) is 13.2 Å². The summed E-state index contributed by atoms with van der Waals surface area (Å²) >= 11 is 0. The van der Waals surface area contributed by atoms with E-state index < -0.39 is 12.0 Å². The van der Waals surface area contributed by atoms with Crippen molar-refractivity contribution >= 4 is 12.0 Å². The molecule has 7 nitrogen and oxygen atoms in total. The minimum atomic E-state index is -0.664. The fourth-order valence-electron chi connectivity index (χ4n) is 3.55. The fourth-order valence-corrected chi connectivity index (χ4v) is 3.55. The van der Waals surface area contributed by atoms with E-state index in [0.717, 1.165) is 11.1 Å². The summed E-state index contributed by atoms with van der Waals surface area (Å²) in [5.74, 6) is 0.878. The minimum Gasteiger partial charge on any atom is -0.490 e. The van der Waals surface area contributed by atoms with Crippen LogP contribution in [0.15, 0.2) is 53.7 Å². The minimum absolute atomic E-state index is 0.202. The third-order valence-electron chi connectivity index (χ3n) is 5.28. The van der Waals surface area contributed by atoms with Gasteiger partial charge in [0.15, 0.2) is 11.5 Å². The number of allylic oxidation sites excluding steroid dienone is 1. The summed E-state index contributed by atoms with van der Waals surface area (Å²) in [5, 5.41) is 5.50. The number of urea groups is 1. The van der Waals surface area contributed by atoms with Crippen LogP contribution in [0.2, 0.25) is 0 Å². The van der Waals surface area contributed by atoms with Crippen LogP contribution in [-0.4, -0.2) is 25.2 Å². The van der Waals surface area contributed by atoms with Crippen molar-refractivity contribution < 1.29 is 23.8 Å². The van der Waals surface area contributed by atoms with Crippen LogP contribution in [0.25, 0.3) is 0 Å². The predicted octanol–water partition coefficient (Wildman–Crippen LogP) is 4.80. The predicted molar refractivity (Wildman–Crippen MR) is 126 cm³/mol. The van der Waals surface area contributed by atoms with Crippen LogP contribution in [0.1, 0.15) is 50.4 Å². The fraction of sp³-hybridized carbons (Fsp3) is 0.385. The van der Waals surface area contributed by atoms with Gasteiger partial charge in [-0.2, -0.15) is 0 Å². The molecule has 0 bridgehead atoms. The van der Waals surface area contributed by atoms with E-state index in [1.54, 1.807) is 19.1 Å². The Morgan fingerprint density at radius 1 is 1.06 bits per heavy atom. The zero-order valence-electron chi connectivity index (χ0n) is 19.9. The van der Waals surface area contributed by atoms with Gasteiger partial charge in [-0.05, 0) is 55.5 Å². The van der Waals surface area contributed by atoms with E-state index in [1.165, 1.54) is 0 Å². The molecule has 2 amide bonds. The highest BCUT2D eigenvalue weighted by atomic mass is 16.5. The first kappa shape index (κ1) is 24.2.